The number of rotatable bonds is 4. The molecule has 0 radical (unpaired) electrons. The molecule has 3 heterocycles. The van der Waals surface area contributed by atoms with E-state index < -0.39 is 5.72 Å². The molecule has 4 heteroatoms. The molecule has 1 aromatic rings. The van der Waals surface area contributed by atoms with Crippen LogP contribution < -0.4 is 5.32 Å². The van der Waals surface area contributed by atoms with Crippen molar-refractivity contribution in [3.8, 4) is 0 Å². The third kappa shape index (κ3) is 2.63. The van der Waals surface area contributed by atoms with Crippen molar-refractivity contribution < 1.29 is 9.90 Å². The summed E-state index contributed by atoms with van der Waals surface area (Å²) in [5.74, 6) is 3.45. The number of nitrogens with zero attached hydrogens (tertiary/aromatic N) is 1. The Hall–Kier alpha value is -1.23. The Kier molecular flexibility index (Phi) is 4.35. The molecule has 1 spiro atoms. The van der Waals surface area contributed by atoms with E-state index in [1.807, 2.05) is 12.1 Å². The standard InChI is InChI=1S/C28H38N2O2/c1-17(19-6-4-18(15-31)5-7-19)25-14-23(28(32)16-30(25)28)24-13-20-8-9-21-3-2-11-27(21)12-10-22(20)26(27)29-24/h4-7,15,17,20-26,29,32H,2-3,8-14,16H2,1H3. The maximum absolute atomic E-state index is 11.6. The van der Waals surface area contributed by atoms with Crippen molar-refractivity contribution in [3.05, 3.63) is 35.4 Å². The molecule has 3 saturated carbocycles. The summed E-state index contributed by atoms with van der Waals surface area (Å²) >= 11 is 0. The number of nitrogens with one attached hydrogen (secondary N) is 1. The van der Waals surface area contributed by atoms with Crippen LogP contribution in [0, 0.1) is 29.1 Å². The Morgan fingerprint density at radius 1 is 1.12 bits per heavy atom. The minimum atomic E-state index is -0.592. The normalized spacial score (nSPS) is 51.6. The number of carbonyl (C=O) groups excluding carboxylic acids is 1. The number of aliphatic hydroxyl groups is 1. The number of hydrogen-bond donors (Lipinski definition) is 2. The van der Waals surface area contributed by atoms with E-state index in [1.54, 1.807) is 0 Å². The van der Waals surface area contributed by atoms with Gasteiger partial charge in [0.15, 0.2) is 0 Å². The van der Waals surface area contributed by atoms with Crippen molar-refractivity contribution in [2.24, 2.45) is 29.1 Å². The van der Waals surface area contributed by atoms with Crippen LogP contribution in [-0.2, 0) is 0 Å². The van der Waals surface area contributed by atoms with Gasteiger partial charge >= 0.3 is 0 Å². The van der Waals surface area contributed by atoms with E-state index in [-0.39, 0.29) is 0 Å². The molecule has 4 nitrogen and oxygen atoms in total. The monoisotopic (exact) mass is 434 g/mol. The molecule has 2 N–H and O–H groups in total. The SMILES string of the molecule is CC(c1ccc(C=O)cc1)C1CC(C2CC3CCC4CCCC45CCC3C5N2)C2(O)CN12. The summed E-state index contributed by atoms with van der Waals surface area (Å²) in [7, 11) is 0. The molecule has 6 fully saturated rings. The van der Waals surface area contributed by atoms with Crippen molar-refractivity contribution in [1.82, 2.24) is 10.2 Å². The lowest BCUT2D eigenvalue weighted by molar-refractivity contribution is 0.0126. The van der Waals surface area contributed by atoms with Gasteiger partial charge in [-0.2, -0.15) is 0 Å². The van der Waals surface area contributed by atoms with E-state index in [1.165, 1.54) is 56.9 Å². The second-order valence-electron chi connectivity index (χ2n) is 12.3. The van der Waals surface area contributed by atoms with Gasteiger partial charge in [-0.3, -0.25) is 9.69 Å². The average molecular weight is 435 g/mol. The first kappa shape index (κ1) is 20.2. The molecule has 11 unspecified atom stereocenters. The summed E-state index contributed by atoms with van der Waals surface area (Å²) in [6.45, 7) is 3.14. The first-order chi connectivity index (χ1) is 15.5. The van der Waals surface area contributed by atoms with Gasteiger partial charge in [-0.1, -0.05) is 37.6 Å². The van der Waals surface area contributed by atoms with E-state index in [2.05, 4.69) is 29.3 Å². The number of fused-ring (bicyclic) bond motifs is 1. The number of aldehydes is 1. The molecule has 3 saturated heterocycles. The molecule has 0 aromatic heterocycles. The van der Waals surface area contributed by atoms with Gasteiger partial charge in [-0.15, -0.1) is 0 Å². The van der Waals surface area contributed by atoms with Crippen molar-refractivity contribution in [1.29, 1.82) is 0 Å². The minimum Gasteiger partial charge on any atom is -0.374 e. The molecule has 7 rings (SSSR count). The molecule has 4 bridgehead atoms. The molecule has 3 aliphatic carbocycles. The predicted octanol–water partition coefficient (Wildman–Crippen LogP) is 4.33. The lowest BCUT2D eigenvalue weighted by Gasteiger charge is -2.47. The molecule has 3 aliphatic heterocycles. The lowest BCUT2D eigenvalue weighted by atomic mass is 9.69. The highest BCUT2D eigenvalue weighted by molar-refractivity contribution is 5.74. The third-order valence-electron chi connectivity index (χ3n) is 11.4. The number of carbonyl (C=O) groups is 1. The van der Waals surface area contributed by atoms with Crippen LogP contribution in [0.3, 0.4) is 0 Å². The van der Waals surface area contributed by atoms with Gasteiger partial charge < -0.3 is 10.4 Å². The molecule has 11 atom stereocenters. The fourth-order valence-electron chi connectivity index (χ4n) is 9.74. The fraction of sp³-hybridized carbons (Fsp3) is 0.750. The molecule has 1 aromatic carbocycles. The first-order valence-electron chi connectivity index (χ1n) is 13.3. The van der Waals surface area contributed by atoms with Gasteiger partial charge in [-0.25, -0.2) is 0 Å². The second kappa shape index (κ2) is 6.90. The molecule has 6 aliphatic rings. The largest absolute Gasteiger partial charge is 0.374 e. The summed E-state index contributed by atoms with van der Waals surface area (Å²) in [6, 6.07) is 9.65. The summed E-state index contributed by atoms with van der Waals surface area (Å²) in [4.78, 5) is 13.4. The van der Waals surface area contributed by atoms with Crippen LogP contribution in [-0.4, -0.2) is 46.7 Å². The van der Waals surface area contributed by atoms with Gasteiger partial charge in [0.1, 0.15) is 12.0 Å². The average Bonchev–Trinajstić information content (AvgIpc) is 3.11. The van der Waals surface area contributed by atoms with Gasteiger partial charge in [0.05, 0.1) is 0 Å². The summed E-state index contributed by atoms with van der Waals surface area (Å²) < 4.78 is 0. The quantitative estimate of drug-likeness (QED) is 0.547. The molecular weight excluding hydrogens is 396 g/mol. The third-order valence-corrected chi connectivity index (χ3v) is 11.4. The van der Waals surface area contributed by atoms with Crippen LogP contribution in [0.15, 0.2) is 24.3 Å². The zero-order valence-corrected chi connectivity index (χ0v) is 19.4. The van der Waals surface area contributed by atoms with Gasteiger partial charge in [0.2, 0.25) is 0 Å². The zero-order chi connectivity index (χ0) is 21.7. The Morgan fingerprint density at radius 2 is 1.97 bits per heavy atom. The topological polar surface area (TPSA) is 52.3 Å². The van der Waals surface area contributed by atoms with Crippen LogP contribution in [0.25, 0.3) is 0 Å². The Bertz CT molecular complexity index is 917. The number of benzene rings is 1. The van der Waals surface area contributed by atoms with E-state index in [9.17, 15) is 9.90 Å². The van der Waals surface area contributed by atoms with Crippen LogP contribution in [0.1, 0.15) is 86.6 Å². The minimum absolute atomic E-state index is 0.350. The predicted molar refractivity (Wildman–Crippen MR) is 124 cm³/mol. The van der Waals surface area contributed by atoms with Gasteiger partial charge in [-0.05, 0) is 86.0 Å². The smallest absolute Gasteiger partial charge is 0.150 e. The molecular formula is C28H38N2O2. The van der Waals surface area contributed by atoms with Crippen LogP contribution in [0.2, 0.25) is 0 Å². The summed E-state index contributed by atoms with van der Waals surface area (Å²) in [5, 5.41) is 15.9. The van der Waals surface area contributed by atoms with Gasteiger partial charge in [0, 0.05) is 36.2 Å². The molecule has 172 valence electrons. The number of piperidine rings is 2. The van der Waals surface area contributed by atoms with E-state index in [0.717, 1.165) is 42.6 Å². The van der Waals surface area contributed by atoms with Crippen LogP contribution in [0.4, 0.5) is 0 Å². The van der Waals surface area contributed by atoms with Crippen molar-refractivity contribution in [2.45, 2.75) is 94.5 Å². The van der Waals surface area contributed by atoms with Gasteiger partial charge in [0.25, 0.3) is 0 Å². The summed E-state index contributed by atoms with van der Waals surface area (Å²) in [6.07, 6.45) is 13.4. The van der Waals surface area contributed by atoms with Crippen molar-refractivity contribution >= 4 is 6.29 Å². The van der Waals surface area contributed by atoms with Crippen molar-refractivity contribution in [3.63, 3.8) is 0 Å². The zero-order valence-electron chi connectivity index (χ0n) is 19.4. The lowest BCUT2D eigenvalue weighted by Crippen LogP contribution is -2.58. The van der Waals surface area contributed by atoms with Crippen molar-refractivity contribution in [2.75, 3.05) is 6.54 Å². The van der Waals surface area contributed by atoms with E-state index in [4.69, 9.17) is 0 Å². The highest BCUT2D eigenvalue weighted by Crippen LogP contribution is 2.64. The van der Waals surface area contributed by atoms with Crippen LogP contribution >= 0.6 is 0 Å². The summed E-state index contributed by atoms with van der Waals surface area (Å²) in [5.41, 5.74) is 2.01. The van der Waals surface area contributed by atoms with E-state index in [0.29, 0.717) is 35.4 Å². The molecule has 32 heavy (non-hydrogen) atoms. The Morgan fingerprint density at radius 3 is 2.78 bits per heavy atom. The highest BCUT2D eigenvalue weighted by atomic mass is 16.3. The molecule has 0 amide bonds. The van der Waals surface area contributed by atoms with Crippen LogP contribution in [0.5, 0.6) is 0 Å². The Labute approximate surface area is 192 Å². The maximum Gasteiger partial charge on any atom is 0.150 e. The second-order valence-corrected chi connectivity index (χ2v) is 12.3. The highest BCUT2D eigenvalue weighted by Gasteiger charge is 2.69. The first-order valence-corrected chi connectivity index (χ1v) is 13.3. The van der Waals surface area contributed by atoms with E-state index >= 15 is 0 Å². The fourth-order valence-corrected chi connectivity index (χ4v) is 9.74. The number of hydrogen-bond acceptors (Lipinski definition) is 4. The Balaban J connectivity index is 1.14. The maximum atomic E-state index is 11.6.